The minimum absolute atomic E-state index is 0.00740. The molecule has 3 nitrogen and oxygen atoms in total. The molecule has 3 saturated carbocycles. The molecule has 3 heteroatoms. The van der Waals surface area contributed by atoms with Crippen molar-refractivity contribution in [3.63, 3.8) is 0 Å². The lowest BCUT2D eigenvalue weighted by Crippen LogP contribution is -2.57. The van der Waals surface area contributed by atoms with Crippen molar-refractivity contribution in [2.24, 2.45) is 28.6 Å². The highest BCUT2D eigenvalue weighted by Gasteiger charge is 2.61. The highest BCUT2D eigenvalue weighted by atomic mass is 16.3. The minimum atomic E-state index is -2.68. The summed E-state index contributed by atoms with van der Waals surface area (Å²) in [6.45, 7) is 3.47. The first-order chi connectivity index (χ1) is 11.9. The highest BCUT2D eigenvalue weighted by Crippen LogP contribution is 2.65. The smallest absolute Gasteiger partial charge is 0.155 e. The Kier molecular flexibility index (Phi) is 2.33. The summed E-state index contributed by atoms with van der Waals surface area (Å²) < 4.78 is 35.7. The number of carbonyl (C=O) groups excluding carboxylic acids is 1. The fraction of sp³-hybridized carbons (Fsp3) is 0.842. The van der Waals surface area contributed by atoms with Crippen molar-refractivity contribution < 1.29 is 20.5 Å². The molecular formula is C19H28O3. The van der Waals surface area contributed by atoms with E-state index in [0.29, 0.717) is 32.1 Å². The molecule has 0 unspecified atom stereocenters. The Bertz CT molecular complexity index is 705. The molecule has 0 bridgehead atoms. The Balaban J connectivity index is 1.96. The molecule has 4 aliphatic carbocycles. The van der Waals surface area contributed by atoms with E-state index in [1.807, 2.05) is 6.92 Å². The van der Waals surface area contributed by atoms with Crippen LogP contribution in [0.1, 0.15) is 64.2 Å². The molecule has 7 atom stereocenters. The molecule has 0 radical (unpaired) electrons. The largest absolute Gasteiger partial charge is 0.393 e. The molecule has 0 aromatic rings. The molecule has 0 heterocycles. The quantitative estimate of drug-likeness (QED) is 0.723. The maximum Gasteiger partial charge on any atom is 0.155 e. The lowest BCUT2D eigenvalue weighted by molar-refractivity contribution is -0.142. The summed E-state index contributed by atoms with van der Waals surface area (Å²) in [6, 6.07) is 0. The number of aliphatic hydroxyl groups excluding tert-OH is 1. The molecule has 0 spiro atoms. The van der Waals surface area contributed by atoms with Crippen LogP contribution in [0.2, 0.25) is 0 Å². The Morgan fingerprint density at radius 2 is 2.05 bits per heavy atom. The van der Waals surface area contributed by atoms with Gasteiger partial charge in [0, 0.05) is 10.5 Å². The second-order valence-corrected chi connectivity index (χ2v) is 7.98. The van der Waals surface area contributed by atoms with E-state index in [9.17, 15) is 16.4 Å². The summed E-state index contributed by atoms with van der Waals surface area (Å²) in [5.74, 6) is -2.39. The van der Waals surface area contributed by atoms with Gasteiger partial charge in [0.05, 0.1) is 13.6 Å². The average Bonchev–Trinajstić information content (AvgIpc) is 2.86. The van der Waals surface area contributed by atoms with Gasteiger partial charge in [-0.15, -0.1) is 0 Å². The third-order valence-electron chi connectivity index (χ3n) is 6.95. The fourth-order valence-corrected chi connectivity index (χ4v) is 5.62. The summed E-state index contributed by atoms with van der Waals surface area (Å²) in [5, 5.41) is 21.9. The van der Waals surface area contributed by atoms with Crippen LogP contribution in [0.4, 0.5) is 0 Å². The van der Waals surface area contributed by atoms with Crippen LogP contribution in [-0.2, 0) is 4.79 Å². The summed E-state index contributed by atoms with van der Waals surface area (Å²) in [4.78, 5) is 11.9. The van der Waals surface area contributed by atoms with Gasteiger partial charge in [-0.3, -0.25) is 4.79 Å². The van der Waals surface area contributed by atoms with Gasteiger partial charge in [-0.05, 0) is 73.1 Å². The molecule has 0 aromatic heterocycles. The average molecular weight is 308 g/mol. The van der Waals surface area contributed by atoms with E-state index < -0.39 is 35.3 Å². The summed E-state index contributed by atoms with van der Waals surface area (Å²) in [6.07, 6.45) is -1.65. The molecule has 122 valence electrons. The number of aliphatic hydroxyl groups is 2. The number of carbonyl (C=O) groups is 1. The number of ketones is 1. The first-order valence-corrected chi connectivity index (χ1v) is 8.50. The normalized spacial score (nSPS) is 65.9. The van der Waals surface area contributed by atoms with Crippen LogP contribution < -0.4 is 0 Å². The molecule has 0 saturated heterocycles. The monoisotopic (exact) mass is 308 g/mol. The van der Waals surface area contributed by atoms with Crippen molar-refractivity contribution in [1.82, 2.24) is 0 Å². The van der Waals surface area contributed by atoms with E-state index in [4.69, 9.17) is 4.11 Å². The van der Waals surface area contributed by atoms with Gasteiger partial charge in [-0.2, -0.15) is 0 Å². The Morgan fingerprint density at radius 1 is 1.27 bits per heavy atom. The van der Waals surface area contributed by atoms with E-state index in [0.717, 1.165) is 5.57 Å². The Morgan fingerprint density at radius 3 is 2.82 bits per heavy atom. The van der Waals surface area contributed by atoms with E-state index in [1.165, 1.54) is 0 Å². The van der Waals surface area contributed by atoms with Crippen molar-refractivity contribution in [2.75, 3.05) is 0 Å². The van der Waals surface area contributed by atoms with Gasteiger partial charge in [0.2, 0.25) is 0 Å². The van der Waals surface area contributed by atoms with Crippen LogP contribution in [0.3, 0.4) is 0 Å². The lowest BCUT2D eigenvalue weighted by Gasteiger charge is -2.59. The maximum atomic E-state index is 11.9. The predicted octanol–water partition coefficient (Wildman–Crippen LogP) is 2.85. The number of rotatable bonds is 0. The number of allylic oxidation sites excluding steroid dienone is 1. The van der Waals surface area contributed by atoms with E-state index in [1.54, 1.807) is 13.0 Å². The molecule has 2 N–H and O–H groups in total. The van der Waals surface area contributed by atoms with Crippen LogP contribution in [-0.4, -0.2) is 28.2 Å². The van der Waals surface area contributed by atoms with E-state index in [-0.39, 0.29) is 24.0 Å². The van der Waals surface area contributed by atoms with Crippen LogP contribution in [0.15, 0.2) is 11.6 Å². The van der Waals surface area contributed by atoms with E-state index >= 15 is 0 Å². The second-order valence-electron chi connectivity index (χ2n) is 7.98. The van der Waals surface area contributed by atoms with Gasteiger partial charge < -0.3 is 10.2 Å². The standard InChI is InChI=1S/C19H28O3/c1-18-8-7-12(20)9-11(18)3-4-13-14-5-6-16(22)19(14,2)10-15(21)17(13)18/h9,13-17,21-22H,3-8,10H2,1-2H3/t13-,14-,15-,16-,17+,18-,19-/m0/s1/i10D2,15D,17D. The number of hydrogen-bond donors (Lipinski definition) is 2. The Hall–Kier alpha value is -0.670. The molecule has 3 fully saturated rings. The van der Waals surface area contributed by atoms with Crippen molar-refractivity contribution in [3.05, 3.63) is 11.6 Å². The summed E-state index contributed by atoms with van der Waals surface area (Å²) in [7, 11) is 0. The fourth-order valence-electron chi connectivity index (χ4n) is 5.62. The molecule has 22 heavy (non-hydrogen) atoms. The third-order valence-corrected chi connectivity index (χ3v) is 6.95. The highest BCUT2D eigenvalue weighted by molar-refractivity contribution is 5.91. The molecule has 0 aromatic carbocycles. The van der Waals surface area contributed by atoms with Crippen LogP contribution in [0.25, 0.3) is 0 Å². The van der Waals surface area contributed by atoms with Gasteiger partial charge in [0.15, 0.2) is 5.78 Å². The zero-order chi connectivity index (χ0) is 19.3. The first kappa shape index (κ1) is 11.0. The van der Waals surface area contributed by atoms with Gasteiger partial charge in [0.25, 0.3) is 0 Å². The number of fused-ring (bicyclic) bond motifs is 5. The van der Waals surface area contributed by atoms with Crippen molar-refractivity contribution in [3.8, 4) is 0 Å². The zero-order valence-corrected chi connectivity index (χ0v) is 13.4. The Labute approximate surface area is 138 Å². The lowest BCUT2D eigenvalue weighted by atomic mass is 9.46. The third kappa shape index (κ3) is 1.78. The topological polar surface area (TPSA) is 57.5 Å². The molecule has 4 aliphatic rings. The summed E-state index contributed by atoms with van der Waals surface area (Å²) in [5.41, 5.74) is -1.38. The minimum Gasteiger partial charge on any atom is -0.393 e. The molecule has 0 aliphatic heterocycles. The van der Waals surface area contributed by atoms with Crippen LogP contribution in [0, 0.1) is 28.6 Å². The van der Waals surface area contributed by atoms with Crippen molar-refractivity contribution >= 4 is 5.78 Å². The second kappa shape index (κ2) is 4.67. The van der Waals surface area contributed by atoms with Crippen molar-refractivity contribution in [2.45, 2.75) is 70.9 Å². The molecule has 4 rings (SSSR count). The van der Waals surface area contributed by atoms with Crippen molar-refractivity contribution in [1.29, 1.82) is 0 Å². The predicted molar refractivity (Wildman–Crippen MR) is 84.1 cm³/mol. The first-order valence-electron chi connectivity index (χ1n) is 10.5. The number of hydrogen-bond acceptors (Lipinski definition) is 3. The van der Waals surface area contributed by atoms with Gasteiger partial charge in [0.1, 0.15) is 0 Å². The van der Waals surface area contributed by atoms with Gasteiger partial charge >= 0.3 is 0 Å². The van der Waals surface area contributed by atoms with Gasteiger partial charge in [-0.1, -0.05) is 19.4 Å². The van der Waals surface area contributed by atoms with Crippen LogP contribution >= 0.6 is 0 Å². The molecular weight excluding hydrogens is 276 g/mol. The maximum absolute atomic E-state index is 11.9. The molecule has 0 amide bonds. The van der Waals surface area contributed by atoms with Crippen LogP contribution in [0.5, 0.6) is 0 Å². The zero-order valence-electron chi connectivity index (χ0n) is 17.4. The summed E-state index contributed by atoms with van der Waals surface area (Å²) >= 11 is 0. The van der Waals surface area contributed by atoms with E-state index in [2.05, 4.69) is 0 Å². The van der Waals surface area contributed by atoms with Gasteiger partial charge in [-0.25, -0.2) is 0 Å². The SMILES string of the molecule is [2H]C1([2H])[C@]2(C)[C@@H](O)CC[C@H]2[C@@H]2CCC3=CC(=O)CC[C@]3(C)[C@@]2([2H])[C@@]1([2H])O.